The molecule has 0 atom stereocenters. The van der Waals surface area contributed by atoms with Crippen molar-refractivity contribution in [3.63, 3.8) is 0 Å². The van der Waals surface area contributed by atoms with Crippen molar-refractivity contribution in [2.45, 2.75) is 19.8 Å². The fraction of sp³-hybridized carbons (Fsp3) is 0.158. The number of anilines is 1. The summed E-state index contributed by atoms with van der Waals surface area (Å²) in [6, 6.07) is 15.0. The van der Waals surface area contributed by atoms with E-state index in [2.05, 4.69) is 24.4 Å². The van der Waals surface area contributed by atoms with Gasteiger partial charge in [0.05, 0.1) is 24.3 Å². The summed E-state index contributed by atoms with van der Waals surface area (Å²) < 4.78 is 5.56. The van der Waals surface area contributed by atoms with Gasteiger partial charge in [-0.2, -0.15) is 5.26 Å². The number of amides is 1. The molecule has 1 N–H and O–H groups in total. The summed E-state index contributed by atoms with van der Waals surface area (Å²) in [5.41, 5.74) is 4.00. The average molecular weight is 304 g/mol. The van der Waals surface area contributed by atoms with E-state index >= 15 is 0 Å². The number of nitriles is 1. The Hall–Kier alpha value is -3.06. The van der Waals surface area contributed by atoms with Crippen molar-refractivity contribution >= 4 is 22.6 Å². The molecular formula is C19H16N2O2. The first-order chi connectivity index (χ1) is 11.2. The first kappa shape index (κ1) is 14.9. The van der Waals surface area contributed by atoms with E-state index in [-0.39, 0.29) is 12.3 Å². The molecule has 3 rings (SSSR count). The van der Waals surface area contributed by atoms with Gasteiger partial charge in [0.1, 0.15) is 5.58 Å². The van der Waals surface area contributed by atoms with Crippen LogP contribution in [-0.2, 0) is 17.6 Å². The fourth-order valence-corrected chi connectivity index (χ4v) is 2.53. The molecule has 4 heteroatoms. The van der Waals surface area contributed by atoms with Crippen molar-refractivity contribution in [3.8, 4) is 6.07 Å². The zero-order chi connectivity index (χ0) is 16.2. The number of hydrogen-bond acceptors (Lipinski definition) is 3. The van der Waals surface area contributed by atoms with Gasteiger partial charge in [-0.1, -0.05) is 25.1 Å². The number of furan rings is 1. The van der Waals surface area contributed by atoms with Crippen molar-refractivity contribution < 1.29 is 9.21 Å². The average Bonchev–Trinajstić information content (AvgIpc) is 2.97. The summed E-state index contributed by atoms with van der Waals surface area (Å²) >= 11 is 0. The minimum atomic E-state index is -0.137. The van der Waals surface area contributed by atoms with Gasteiger partial charge in [-0.15, -0.1) is 0 Å². The predicted octanol–water partition coefficient (Wildman–Crippen LogP) is 4.05. The van der Waals surface area contributed by atoms with E-state index in [0.29, 0.717) is 11.3 Å². The zero-order valence-corrected chi connectivity index (χ0v) is 12.8. The maximum atomic E-state index is 12.2. The molecule has 114 valence electrons. The topological polar surface area (TPSA) is 66.0 Å². The Bertz CT molecular complexity index is 903. The molecule has 0 fully saturated rings. The highest BCUT2D eigenvalue weighted by molar-refractivity contribution is 5.95. The smallest absolute Gasteiger partial charge is 0.228 e. The summed E-state index contributed by atoms with van der Waals surface area (Å²) in [7, 11) is 0. The molecule has 0 saturated heterocycles. The van der Waals surface area contributed by atoms with Crippen LogP contribution in [0.25, 0.3) is 11.0 Å². The monoisotopic (exact) mass is 304 g/mol. The number of aryl methyl sites for hydroxylation is 1. The van der Waals surface area contributed by atoms with E-state index in [4.69, 9.17) is 9.68 Å². The molecule has 1 heterocycles. The Balaban J connectivity index is 1.76. The van der Waals surface area contributed by atoms with Crippen LogP contribution < -0.4 is 5.32 Å². The van der Waals surface area contributed by atoms with Crippen LogP contribution in [0.2, 0.25) is 0 Å². The maximum Gasteiger partial charge on any atom is 0.228 e. The molecule has 0 saturated carbocycles. The van der Waals surface area contributed by atoms with E-state index in [0.717, 1.165) is 23.0 Å². The van der Waals surface area contributed by atoms with Crippen LogP contribution in [0.3, 0.4) is 0 Å². The van der Waals surface area contributed by atoms with Crippen LogP contribution in [0, 0.1) is 11.3 Å². The number of hydrogen-bond donors (Lipinski definition) is 1. The second-order valence-electron chi connectivity index (χ2n) is 5.36. The summed E-state index contributed by atoms with van der Waals surface area (Å²) in [6.07, 6.45) is 2.81. The van der Waals surface area contributed by atoms with Crippen molar-refractivity contribution in [1.29, 1.82) is 5.26 Å². The van der Waals surface area contributed by atoms with Crippen molar-refractivity contribution in [3.05, 3.63) is 65.4 Å². The number of rotatable bonds is 4. The van der Waals surface area contributed by atoms with Gasteiger partial charge in [-0.25, -0.2) is 0 Å². The number of benzene rings is 2. The third-order valence-corrected chi connectivity index (χ3v) is 3.75. The van der Waals surface area contributed by atoms with Crippen LogP contribution in [0.15, 0.2) is 53.1 Å². The molecule has 0 radical (unpaired) electrons. The highest BCUT2D eigenvalue weighted by Gasteiger charge is 2.11. The quantitative estimate of drug-likeness (QED) is 0.790. The van der Waals surface area contributed by atoms with E-state index in [1.165, 1.54) is 5.56 Å². The number of nitrogens with one attached hydrogen (secondary N) is 1. The molecule has 0 spiro atoms. The molecule has 0 aliphatic heterocycles. The van der Waals surface area contributed by atoms with Gasteiger partial charge in [-0.3, -0.25) is 4.79 Å². The normalized spacial score (nSPS) is 10.4. The van der Waals surface area contributed by atoms with Crippen molar-refractivity contribution in [1.82, 2.24) is 0 Å². The Morgan fingerprint density at radius 3 is 2.91 bits per heavy atom. The summed E-state index contributed by atoms with van der Waals surface area (Å²) in [4.78, 5) is 12.2. The standard InChI is InChI=1S/C19H16N2O2/c1-2-13-6-7-17-15(12-23-18(17)9-13)10-19(22)21-16-5-3-4-14(8-16)11-20/h3-9,12H,2,10H2,1H3,(H,21,22). The fourth-order valence-electron chi connectivity index (χ4n) is 2.53. The lowest BCUT2D eigenvalue weighted by Gasteiger charge is -2.04. The van der Waals surface area contributed by atoms with Gasteiger partial charge in [-0.05, 0) is 36.2 Å². The van der Waals surface area contributed by atoms with Crippen molar-refractivity contribution in [2.75, 3.05) is 5.32 Å². The summed E-state index contributed by atoms with van der Waals surface area (Å²) in [5, 5.41) is 12.7. The molecule has 1 amide bonds. The summed E-state index contributed by atoms with van der Waals surface area (Å²) in [6.45, 7) is 2.09. The van der Waals surface area contributed by atoms with Crippen LogP contribution in [0.5, 0.6) is 0 Å². The molecule has 3 aromatic rings. The lowest BCUT2D eigenvalue weighted by molar-refractivity contribution is -0.115. The molecule has 0 unspecified atom stereocenters. The van der Waals surface area contributed by atoms with E-state index in [1.807, 2.05) is 12.1 Å². The first-order valence-corrected chi connectivity index (χ1v) is 7.48. The molecule has 4 nitrogen and oxygen atoms in total. The zero-order valence-electron chi connectivity index (χ0n) is 12.8. The van der Waals surface area contributed by atoms with Crippen LogP contribution in [-0.4, -0.2) is 5.91 Å². The molecule has 0 aliphatic carbocycles. The largest absolute Gasteiger partial charge is 0.464 e. The number of nitrogens with zero attached hydrogens (tertiary/aromatic N) is 1. The SMILES string of the molecule is CCc1ccc2c(CC(=O)Nc3cccc(C#N)c3)coc2c1. The van der Waals surface area contributed by atoms with E-state index < -0.39 is 0 Å². The summed E-state index contributed by atoms with van der Waals surface area (Å²) in [5.74, 6) is -0.137. The molecule has 23 heavy (non-hydrogen) atoms. The Kier molecular flexibility index (Phi) is 4.11. The molecule has 2 aromatic carbocycles. The van der Waals surface area contributed by atoms with Crippen LogP contribution in [0.4, 0.5) is 5.69 Å². The highest BCUT2D eigenvalue weighted by atomic mass is 16.3. The van der Waals surface area contributed by atoms with Gasteiger partial charge in [0.2, 0.25) is 5.91 Å². The van der Waals surface area contributed by atoms with Crippen LogP contribution in [0.1, 0.15) is 23.6 Å². The van der Waals surface area contributed by atoms with Gasteiger partial charge < -0.3 is 9.73 Å². The Labute approximate surface area is 134 Å². The molecular weight excluding hydrogens is 288 g/mol. The number of carbonyl (C=O) groups is 1. The minimum Gasteiger partial charge on any atom is -0.464 e. The lowest BCUT2D eigenvalue weighted by Crippen LogP contribution is -2.14. The van der Waals surface area contributed by atoms with Gasteiger partial charge >= 0.3 is 0 Å². The van der Waals surface area contributed by atoms with Gasteiger partial charge in [0.15, 0.2) is 0 Å². The molecule has 0 aliphatic rings. The molecule has 0 bridgehead atoms. The Morgan fingerprint density at radius 1 is 1.26 bits per heavy atom. The van der Waals surface area contributed by atoms with Gasteiger partial charge in [0, 0.05) is 16.6 Å². The lowest BCUT2D eigenvalue weighted by atomic mass is 10.1. The third kappa shape index (κ3) is 3.24. The van der Waals surface area contributed by atoms with Gasteiger partial charge in [0.25, 0.3) is 0 Å². The van der Waals surface area contributed by atoms with E-state index in [9.17, 15) is 4.79 Å². The number of carbonyl (C=O) groups excluding carboxylic acids is 1. The Morgan fingerprint density at radius 2 is 2.13 bits per heavy atom. The molecule has 1 aromatic heterocycles. The number of fused-ring (bicyclic) bond motifs is 1. The first-order valence-electron chi connectivity index (χ1n) is 7.48. The predicted molar refractivity (Wildman–Crippen MR) is 89.1 cm³/mol. The second kappa shape index (κ2) is 6.37. The second-order valence-corrected chi connectivity index (χ2v) is 5.36. The third-order valence-electron chi connectivity index (χ3n) is 3.75. The van der Waals surface area contributed by atoms with E-state index in [1.54, 1.807) is 30.5 Å². The van der Waals surface area contributed by atoms with Crippen LogP contribution >= 0.6 is 0 Å². The maximum absolute atomic E-state index is 12.2. The van der Waals surface area contributed by atoms with Crippen molar-refractivity contribution in [2.24, 2.45) is 0 Å². The highest BCUT2D eigenvalue weighted by Crippen LogP contribution is 2.23. The minimum absolute atomic E-state index is 0.137.